The molecule has 2 N–H and O–H groups in total. The van der Waals surface area contributed by atoms with Gasteiger partial charge in [0.25, 0.3) is 0 Å². The highest BCUT2D eigenvalue weighted by atomic mass is 32.1. The van der Waals surface area contributed by atoms with Crippen molar-refractivity contribution in [3.8, 4) is 0 Å². The largest absolute Gasteiger partial charge is 0.376 e. The summed E-state index contributed by atoms with van der Waals surface area (Å²) in [4.78, 5) is 5.60. The smallest absolute Gasteiger partial charge is 0.193 e. The standard InChI is InChI=1S/C14H23N3OS/c1-5-18-12(14(2,3)4)11(15)8-10-9-17-6-7-19-13(17)16-10/h6-7,9,11-12H,5,8,15H2,1-4H3. The lowest BCUT2D eigenvalue weighted by atomic mass is 9.83. The maximum absolute atomic E-state index is 6.34. The van der Waals surface area contributed by atoms with Gasteiger partial charge in [0.1, 0.15) is 0 Å². The van der Waals surface area contributed by atoms with Crippen molar-refractivity contribution in [3.05, 3.63) is 23.5 Å². The highest BCUT2D eigenvalue weighted by Gasteiger charge is 2.31. The first-order valence-corrected chi connectivity index (χ1v) is 7.58. The van der Waals surface area contributed by atoms with Gasteiger partial charge in [-0.15, -0.1) is 11.3 Å². The van der Waals surface area contributed by atoms with Crippen LogP contribution in [0, 0.1) is 5.41 Å². The van der Waals surface area contributed by atoms with E-state index in [1.807, 2.05) is 22.9 Å². The molecule has 0 amide bonds. The summed E-state index contributed by atoms with van der Waals surface area (Å²) in [5.74, 6) is 0. The van der Waals surface area contributed by atoms with Crippen LogP contribution in [0.15, 0.2) is 17.8 Å². The van der Waals surface area contributed by atoms with E-state index in [1.54, 1.807) is 11.3 Å². The van der Waals surface area contributed by atoms with Crippen LogP contribution in [0.3, 0.4) is 0 Å². The molecular formula is C14H23N3OS. The average Bonchev–Trinajstić information content (AvgIpc) is 2.84. The zero-order valence-corrected chi connectivity index (χ0v) is 12.9. The van der Waals surface area contributed by atoms with Crippen molar-refractivity contribution in [1.82, 2.24) is 9.38 Å². The lowest BCUT2D eigenvalue weighted by Crippen LogP contribution is -2.46. The Bertz CT molecular complexity index is 498. The van der Waals surface area contributed by atoms with Gasteiger partial charge in [0, 0.05) is 36.8 Å². The van der Waals surface area contributed by atoms with E-state index in [4.69, 9.17) is 10.5 Å². The van der Waals surface area contributed by atoms with Gasteiger partial charge in [-0.2, -0.15) is 0 Å². The Balaban J connectivity index is 2.10. The van der Waals surface area contributed by atoms with Crippen molar-refractivity contribution in [2.24, 2.45) is 11.1 Å². The van der Waals surface area contributed by atoms with E-state index in [9.17, 15) is 0 Å². The molecule has 0 saturated heterocycles. The molecule has 106 valence electrons. The van der Waals surface area contributed by atoms with Gasteiger partial charge >= 0.3 is 0 Å². The molecule has 0 aromatic carbocycles. The second-order valence-electron chi connectivity index (χ2n) is 5.94. The van der Waals surface area contributed by atoms with Gasteiger partial charge in [-0.3, -0.25) is 4.40 Å². The predicted molar refractivity (Wildman–Crippen MR) is 79.6 cm³/mol. The van der Waals surface area contributed by atoms with E-state index in [1.165, 1.54) is 0 Å². The molecule has 5 heteroatoms. The van der Waals surface area contributed by atoms with Crippen molar-refractivity contribution in [3.63, 3.8) is 0 Å². The van der Waals surface area contributed by atoms with Crippen molar-refractivity contribution < 1.29 is 4.74 Å². The molecule has 19 heavy (non-hydrogen) atoms. The normalized spacial score (nSPS) is 15.8. The monoisotopic (exact) mass is 281 g/mol. The lowest BCUT2D eigenvalue weighted by molar-refractivity contribution is -0.0275. The Morgan fingerprint density at radius 1 is 1.47 bits per heavy atom. The van der Waals surface area contributed by atoms with E-state index in [0.717, 1.165) is 17.1 Å². The summed E-state index contributed by atoms with van der Waals surface area (Å²) in [5.41, 5.74) is 7.41. The molecule has 2 rings (SSSR count). The van der Waals surface area contributed by atoms with Gasteiger partial charge in [0.05, 0.1) is 11.8 Å². The Labute approximate surface area is 118 Å². The Morgan fingerprint density at radius 3 is 2.79 bits per heavy atom. The predicted octanol–water partition coefficient (Wildman–Crippen LogP) is 2.72. The highest BCUT2D eigenvalue weighted by Crippen LogP contribution is 2.26. The second kappa shape index (κ2) is 5.61. The molecule has 0 bridgehead atoms. The summed E-state index contributed by atoms with van der Waals surface area (Å²) in [6, 6.07) is -0.0374. The van der Waals surface area contributed by atoms with Crippen molar-refractivity contribution in [2.75, 3.05) is 6.61 Å². The van der Waals surface area contributed by atoms with Gasteiger partial charge in [0.15, 0.2) is 4.96 Å². The number of ether oxygens (including phenoxy) is 1. The van der Waals surface area contributed by atoms with Crippen LogP contribution in [0.5, 0.6) is 0 Å². The fourth-order valence-electron chi connectivity index (χ4n) is 2.42. The first-order chi connectivity index (χ1) is 8.91. The average molecular weight is 281 g/mol. The molecule has 0 radical (unpaired) electrons. The molecule has 2 aromatic heterocycles. The minimum atomic E-state index is -0.0374. The molecule has 0 saturated carbocycles. The van der Waals surface area contributed by atoms with Gasteiger partial charge in [-0.25, -0.2) is 4.98 Å². The van der Waals surface area contributed by atoms with Crippen LogP contribution in [0.25, 0.3) is 4.96 Å². The Kier molecular flexibility index (Phi) is 4.28. The topological polar surface area (TPSA) is 52.5 Å². The molecule has 0 aliphatic heterocycles. The van der Waals surface area contributed by atoms with Crippen LogP contribution < -0.4 is 5.73 Å². The molecule has 2 unspecified atom stereocenters. The number of rotatable bonds is 5. The van der Waals surface area contributed by atoms with Crippen LogP contribution in [-0.4, -0.2) is 28.1 Å². The van der Waals surface area contributed by atoms with Gasteiger partial charge < -0.3 is 10.5 Å². The minimum Gasteiger partial charge on any atom is -0.376 e. The number of thiazole rings is 1. The summed E-state index contributed by atoms with van der Waals surface area (Å²) in [6.07, 6.45) is 4.86. The maximum atomic E-state index is 6.34. The molecule has 0 spiro atoms. The molecule has 2 aromatic rings. The molecule has 0 aliphatic rings. The molecule has 2 heterocycles. The van der Waals surface area contributed by atoms with E-state index >= 15 is 0 Å². The number of hydrogen-bond donors (Lipinski definition) is 1. The fourth-order valence-corrected chi connectivity index (χ4v) is 3.14. The van der Waals surface area contributed by atoms with Crippen LogP contribution in [0.4, 0.5) is 0 Å². The third-order valence-corrected chi connectivity index (χ3v) is 3.95. The number of imidazole rings is 1. The van der Waals surface area contributed by atoms with Crippen LogP contribution >= 0.6 is 11.3 Å². The fraction of sp³-hybridized carbons (Fsp3) is 0.643. The third kappa shape index (κ3) is 3.35. The third-order valence-electron chi connectivity index (χ3n) is 3.18. The highest BCUT2D eigenvalue weighted by molar-refractivity contribution is 7.15. The Morgan fingerprint density at radius 2 is 2.21 bits per heavy atom. The van der Waals surface area contributed by atoms with Crippen molar-refractivity contribution in [2.45, 2.75) is 46.3 Å². The molecular weight excluding hydrogens is 258 g/mol. The summed E-state index contributed by atoms with van der Waals surface area (Å²) < 4.78 is 7.88. The number of fused-ring (bicyclic) bond motifs is 1. The quantitative estimate of drug-likeness (QED) is 0.917. The van der Waals surface area contributed by atoms with Gasteiger partial charge in [-0.05, 0) is 12.3 Å². The summed E-state index contributed by atoms with van der Waals surface area (Å²) >= 11 is 1.64. The van der Waals surface area contributed by atoms with Gasteiger partial charge in [-0.1, -0.05) is 20.8 Å². The molecule has 4 nitrogen and oxygen atoms in total. The summed E-state index contributed by atoms with van der Waals surface area (Å²) in [6.45, 7) is 9.20. The van der Waals surface area contributed by atoms with Crippen molar-refractivity contribution in [1.29, 1.82) is 0 Å². The van der Waals surface area contributed by atoms with E-state index in [0.29, 0.717) is 6.61 Å². The van der Waals surface area contributed by atoms with E-state index in [2.05, 4.69) is 32.0 Å². The summed E-state index contributed by atoms with van der Waals surface area (Å²) in [7, 11) is 0. The number of nitrogens with zero attached hydrogens (tertiary/aromatic N) is 2. The molecule has 2 atom stereocenters. The van der Waals surface area contributed by atoms with Crippen LogP contribution in [0.1, 0.15) is 33.4 Å². The van der Waals surface area contributed by atoms with E-state index in [-0.39, 0.29) is 17.6 Å². The first-order valence-electron chi connectivity index (χ1n) is 6.70. The van der Waals surface area contributed by atoms with Crippen LogP contribution in [-0.2, 0) is 11.2 Å². The molecule has 0 aliphatic carbocycles. The maximum Gasteiger partial charge on any atom is 0.193 e. The lowest BCUT2D eigenvalue weighted by Gasteiger charge is -2.34. The zero-order valence-electron chi connectivity index (χ0n) is 12.1. The SMILES string of the molecule is CCOC(C(N)Cc1cn2ccsc2n1)C(C)(C)C. The summed E-state index contributed by atoms with van der Waals surface area (Å²) in [5, 5.41) is 2.03. The zero-order chi connectivity index (χ0) is 14.0. The number of hydrogen-bond acceptors (Lipinski definition) is 4. The minimum absolute atomic E-state index is 0.0343. The molecule has 0 fully saturated rings. The van der Waals surface area contributed by atoms with Crippen LogP contribution in [0.2, 0.25) is 0 Å². The Hall–Kier alpha value is -0.910. The van der Waals surface area contributed by atoms with Crippen molar-refractivity contribution >= 4 is 16.3 Å². The number of aromatic nitrogens is 2. The van der Waals surface area contributed by atoms with Gasteiger partial charge in [0.2, 0.25) is 0 Å². The number of nitrogens with two attached hydrogens (primary N) is 1. The first kappa shape index (κ1) is 14.5. The van der Waals surface area contributed by atoms with E-state index < -0.39 is 0 Å². The second-order valence-corrected chi connectivity index (χ2v) is 6.81.